The number of rotatable bonds is 7. The van der Waals surface area contributed by atoms with E-state index in [1.165, 1.54) is 21.5 Å². The Kier molecular flexibility index (Phi) is 8.57. The van der Waals surface area contributed by atoms with E-state index in [2.05, 4.69) is 138 Å². The third-order valence-corrected chi connectivity index (χ3v) is 9.31. The van der Waals surface area contributed by atoms with Crippen LogP contribution in [0.1, 0.15) is 70.0 Å². The molecule has 0 saturated heterocycles. The van der Waals surface area contributed by atoms with Crippen LogP contribution in [0.5, 0.6) is 0 Å². The second-order valence-electron chi connectivity index (χ2n) is 12.1. The highest BCUT2D eigenvalue weighted by Crippen LogP contribution is 2.36. The van der Waals surface area contributed by atoms with Crippen molar-refractivity contribution in [2.24, 2.45) is 0 Å². The summed E-state index contributed by atoms with van der Waals surface area (Å²) >= 11 is 0. The van der Waals surface area contributed by atoms with E-state index < -0.39 is 7.92 Å². The molecule has 0 heterocycles. The molecule has 1 N–H and O–H groups in total. The van der Waals surface area contributed by atoms with Crippen molar-refractivity contribution in [3.05, 3.63) is 132 Å². The summed E-state index contributed by atoms with van der Waals surface area (Å²) < 4.78 is 0. The van der Waals surface area contributed by atoms with E-state index in [0.717, 1.165) is 22.5 Å². The number of nitrogens with one attached hydrogen (secondary N) is 1. The third kappa shape index (κ3) is 6.94. The highest BCUT2D eigenvalue weighted by molar-refractivity contribution is 7.80. The van der Waals surface area contributed by atoms with E-state index in [-0.39, 0.29) is 16.6 Å². The summed E-state index contributed by atoms with van der Waals surface area (Å²) in [6.45, 7) is 15.1. The predicted molar refractivity (Wildman–Crippen MR) is 171 cm³/mol. The Balaban J connectivity index is 1.70. The SMILES string of the molecule is C/C(=C/C(=O)c1ccc(C(C)(C)C)cc1C(C)(C)C)Nc1ccccc1P(c1ccccc1)c1ccccc1. The third-order valence-electron chi connectivity index (χ3n) is 6.81. The Hall–Kier alpha value is -3.48. The summed E-state index contributed by atoms with van der Waals surface area (Å²) in [5.74, 6) is 0.0243. The molecule has 4 aromatic carbocycles. The molecule has 0 saturated carbocycles. The molecule has 0 radical (unpaired) electrons. The van der Waals surface area contributed by atoms with E-state index in [9.17, 15) is 4.79 Å². The van der Waals surface area contributed by atoms with Gasteiger partial charge >= 0.3 is 0 Å². The number of hydrogen-bond donors (Lipinski definition) is 1. The fraction of sp³-hybridized carbons (Fsp3) is 0.250. The topological polar surface area (TPSA) is 29.1 Å². The molecule has 0 aliphatic heterocycles. The zero-order valence-electron chi connectivity index (χ0n) is 24.2. The highest BCUT2D eigenvalue weighted by Gasteiger charge is 2.25. The van der Waals surface area contributed by atoms with Crippen molar-refractivity contribution in [1.29, 1.82) is 0 Å². The predicted octanol–water partition coefficient (Wildman–Crippen LogP) is 8.24. The summed E-state index contributed by atoms with van der Waals surface area (Å²) in [4.78, 5) is 13.6. The van der Waals surface area contributed by atoms with E-state index in [0.29, 0.717) is 0 Å². The zero-order valence-corrected chi connectivity index (χ0v) is 25.1. The molecular weight excluding hydrogens is 493 g/mol. The maximum absolute atomic E-state index is 13.6. The molecule has 0 atom stereocenters. The lowest BCUT2D eigenvalue weighted by atomic mass is 9.78. The molecule has 0 unspecified atom stereocenters. The summed E-state index contributed by atoms with van der Waals surface area (Å²) in [7, 11) is -0.772. The number of benzene rings is 4. The van der Waals surface area contributed by atoms with Crippen LogP contribution in [-0.4, -0.2) is 5.78 Å². The van der Waals surface area contributed by atoms with Crippen LogP contribution in [0.15, 0.2) is 115 Å². The van der Waals surface area contributed by atoms with Gasteiger partial charge in [0, 0.05) is 28.3 Å². The average molecular weight is 534 g/mol. The first-order chi connectivity index (χ1) is 18.4. The first-order valence-corrected chi connectivity index (χ1v) is 14.9. The number of hydrogen-bond acceptors (Lipinski definition) is 2. The summed E-state index contributed by atoms with van der Waals surface area (Å²) in [5.41, 5.74) is 4.82. The first kappa shape index (κ1) is 28.5. The van der Waals surface area contributed by atoms with Gasteiger partial charge in [-0.1, -0.05) is 139 Å². The number of ketones is 1. The summed E-state index contributed by atoms with van der Waals surface area (Å²) in [6, 6.07) is 36.1. The Morgan fingerprint density at radius 1 is 0.692 bits per heavy atom. The van der Waals surface area contributed by atoms with Gasteiger partial charge in [0.15, 0.2) is 5.78 Å². The minimum atomic E-state index is -0.772. The van der Waals surface area contributed by atoms with Crippen LogP contribution in [0, 0.1) is 0 Å². The monoisotopic (exact) mass is 533 g/mol. The van der Waals surface area contributed by atoms with E-state index in [1.807, 2.05) is 19.1 Å². The minimum Gasteiger partial charge on any atom is -0.358 e. The van der Waals surface area contributed by atoms with Crippen molar-refractivity contribution in [3.8, 4) is 0 Å². The van der Waals surface area contributed by atoms with Crippen LogP contribution in [-0.2, 0) is 10.8 Å². The standard InChI is InChI=1S/C36H40NOP/c1-26(24-33(38)30-23-22-27(35(2,3)4)25-31(30)36(5,6)7)37-32-20-14-15-21-34(32)39(28-16-10-8-11-17-28)29-18-12-9-13-19-29/h8-25,37H,1-7H3/b26-24-. The lowest BCUT2D eigenvalue weighted by molar-refractivity contribution is 0.104. The molecule has 0 aliphatic rings. The van der Waals surface area contributed by atoms with Crippen LogP contribution in [0.2, 0.25) is 0 Å². The van der Waals surface area contributed by atoms with Crippen LogP contribution in [0.3, 0.4) is 0 Å². The van der Waals surface area contributed by atoms with Gasteiger partial charge in [-0.15, -0.1) is 0 Å². The molecule has 200 valence electrons. The lowest BCUT2D eigenvalue weighted by Gasteiger charge is -2.27. The number of carbonyl (C=O) groups is 1. The minimum absolute atomic E-state index is 0.0223. The van der Waals surface area contributed by atoms with Crippen molar-refractivity contribution >= 4 is 35.3 Å². The zero-order chi connectivity index (χ0) is 28.2. The molecular formula is C36H40NOP. The summed E-state index contributed by atoms with van der Waals surface area (Å²) in [5, 5.41) is 7.40. The van der Waals surface area contributed by atoms with Gasteiger partial charge in [0.05, 0.1) is 0 Å². The normalized spacial score (nSPS) is 12.5. The van der Waals surface area contributed by atoms with E-state index in [1.54, 1.807) is 6.08 Å². The van der Waals surface area contributed by atoms with Crippen LogP contribution >= 0.6 is 7.92 Å². The van der Waals surface area contributed by atoms with Crippen molar-refractivity contribution in [2.75, 3.05) is 5.32 Å². The Morgan fingerprint density at radius 3 is 1.77 bits per heavy atom. The molecule has 4 rings (SSSR count). The molecule has 3 heteroatoms. The molecule has 0 aromatic heterocycles. The number of para-hydroxylation sites is 1. The molecule has 0 bridgehead atoms. The number of allylic oxidation sites excluding steroid dienone is 2. The first-order valence-electron chi connectivity index (χ1n) is 13.6. The number of anilines is 1. The van der Waals surface area contributed by atoms with Gasteiger partial charge in [-0.25, -0.2) is 0 Å². The molecule has 0 fully saturated rings. The Labute approximate surface area is 236 Å². The van der Waals surface area contributed by atoms with Crippen molar-refractivity contribution in [3.63, 3.8) is 0 Å². The Morgan fingerprint density at radius 2 is 1.23 bits per heavy atom. The quantitative estimate of drug-likeness (QED) is 0.147. The molecule has 0 spiro atoms. The van der Waals surface area contributed by atoms with Gasteiger partial charge < -0.3 is 5.32 Å². The van der Waals surface area contributed by atoms with Gasteiger partial charge in [-0.05, 0) is 53.5 Å². The van der Waals surface area contributed by atoms with Crippen molar-refractivity contribution in [1.82, 2.24) is 0 Å². The van der Waals surface area contributed by atoms with Gasteiger partial charge in [0.2, 0.25) is 0 Å². The largest absolute Gasteiger partial charge is 0.358 e. The van der Waals surface area contributed by atoms with Gasteiger partial charge in [0.1, 0.15) is 0 Å². The highest BCUT2D eigenvalue weighted by atomic mass is 31.1. The fourth-order valence-corrected chi connectivity index (χ4v) is 7.13. The lowest BCUT2D eigenvalue weighted by Crippen LogP contribution is -2.23. The molecule has 4 aromatic rings. The second kappa shape index (κ2) is 11.7. The average Bonchev–Trinajstić information content (AvgIpc) is 2.89. The van der Waals surface area contributed by atoms with Crippen LogP contribution < -0.4 is 21.2 Å². The van der Waals surface area contributed by atoms with E-state index >= 15 is 0 Å². The Bertz CT molecular complexity index is 1420. The molecule has 39 heavy (non-hydrogen) atoms. The maximum atomic E-state index is 13.6. The smallest absolute Gasteiger partial charge is 0.187 e. The summed E-state index contributed by atoms with van der Waals surface area (Å²) in [6.07, 6.45) is 1.74. The van der Waals surface area contributed by atoms with Gasteiger partial charge in [-0.3, -0.25) is 4.79 Å². The fourth-order valence-electron chi connectivity index (χ4n) is 4.72. The van der Waals surface area contributed by atoms with Crippen molar-refractivity contribution in [2.45, 2.75) is 59.3 Å². The molecule has 0 aliphatic carbocycles. The maximum Gasteiger partial charge on any atom is 0.187 e. The van der Waals surface area contributed by atoms with Crippen LogP contribution in [0.25, 0.3) is 0 Å². The van der Waals surface area contributed by atoms with Crippen LogP contribution in [0.4, 0.5) is 5.69 Å². The number of carbonyl (C=O) groups excluding carboxylic acids is 1. The molecule has 2 nitrogen and oxygen atoms in total. The van der Waals surface area contributed by atoms with Crippen molar-refractivity contribution < 1.29 is 4.79 Å². The van der Waals surface area contributed by atoms with E-state index in [4.69, 9.17) is 0 Å². The van der Waals surface area contributed by atoms with Gasteiger partial charge in [0.25, 0.3) is 0 Å². The molecule has 0 amide bonds. The second-order valence-corrected chi connectivity index (χ2v) is 14.3. The van der Waals surface area contributed by atoms with Gasteiger partial charge in [-0.2, -0.15) is 0 Å².